The van der Waals surface area contributed by atoms with Crippen molar-refractivity contribution < 1.29 is 9.47 Å². The molecule has 0 unspecified atom stereocenters. The Bertz CT molecular complexity index is 534. The summed E-state index contributed by atoms with van der Waals surface area (Å²) in [6.07, 6.45) is 9.61. The third kappa shape index (κ3) is 2.98. The lowest BCUT2D eigenvalue weighted by Gasteiger charge is -2.13. The van der Waals surface area contributed by atoms with Gasteiger partial charge in [0.25, 0.3) is 0 Å². The number of ether oxygens (including phenoxy) is 2. The minimum Gasteiger partial charge on any atom is -0.490 e. The number of rotatable bonds is 5. The van der Waals surface area contributed by atoms with Gasteiger partial charge in [-0.15, -0.1) is 0 Å². The normalized spacial score (nSPS) is 16.9. The second-order valence-electron chi connectivity index (χ2n) is 5.25. The van der Waals surface area contributed by atoms with Crippen molar-refractivity contribution in [1.82, 2.24) is 0 Å². The number of hydrogen-bond donors (Lipinski definition) is 0. The van der Waals surface area contributed by atoms with Crippen LogP contribution in [0.5, 0.6) is 5.75 Å². The number of nitrogens with zero attached hydrogens (tertiary/aromatic N) is 1. The zero-order valence-electron chi connectivity index (χ0n) is 12.0. The Balaban J connectivity index is 1.47. The Hall–Kier alpha value is -1.90. The highest BCUT2D eigenvalue weighted by Gasteiger charge is 2.15. The van der Waals surface area contributed by atoms with Gasteiger partial charge < -0.3 is 14.4 Å². The SMILES string of the molecule is CN1CCc2cc(OCCOC3=CCCC=C3)ccc21. The molecule has 3 rings (SSSR count). The van der Waals surface area contributed by atoms with Crippen LogP contribution in [0, 0.1) is 0 Å². The molecule has 0 amide bonds. The molecular formula is C17H21NO2. The lowest BCUT2D eigenvalue weighted by atomic mass is 10.1. The Morgan fingerprint density at radius 2 is 2.05 bits per heavy atom. The van der Waals surface area contributed by atoms with E-state index in [2.05, 4.69) is 36.2 Å². The molecule has 1 aromatic carbocycles. The lowest BCUT2D eigenvalue weighted by Crippen LogP contribution is -2.12. The van der Waals surface area contributed by atoms with Gasteiger partial charge in [0.1, 0.15) is 24.7 Å². The van der Waals surface area contributed by atoms with Gasteiger partial charge in [0.05, 0.1) is 0 Å². The summed E-state index contributed by atoms with van der Waals surface area (Å²) < 4.78 is 11.4. The van der Waals surface area contributed by atoms with Gasteiger partial charge in [0.2, 0.25) is 0 Å². The van der Waals surface area contributed by atoms with E-state index in [-0.39, 0.29) is 0 Å². The maximum atomic E-state index is 5.76. The number of benzene rings is 1. The second kappa shape index (κ2) is 6.04. The van der Waals surface area contributed by atoms with Crippen LogP contribution in [0.4, 0.5) is 5.69 Å². The minimum absolute atomic E-state index is 0.583. The summed E-state index contributed by atoms with van der Waals surface area (Å²) in [4.78, 5) is 2.28. The summed E-state index contributed by atoms with van der Waals surface area (Å²) in [5.74, 6) is 1.91. The molecule has 0 fully saturated rings. The number of anilines is 1. The predicted octanol–water partition coefficient (Wildman–Crippen LogP) is 3.31. The van der Waals surface area contributed by atoms with Crippen molar-refractivity contribution in [2.75, 3.05) is 31.7 Å². The van der Waals surface area contributed by atoms with Gasteiger partial charge in [0.15, 0.2) is 0 Å². The van der Waals surface area contributed by atoms with E-state index in [1.165, 1.54) is 11.3 Å². The summed E-state index contributed by atoms with van der Waals surface area (Å²) in [6, 6.07) is 6.34. The van der Waals surface area contributed by atoms with E-state index in [9.17, 15) is 0 Å². The fraction of sp³-hybridized carbons (Fsp3) is 0.412. The van der Waals surface area contributed by atoms with E-state index in [0.717, 1.165) is 37.3 Å². The predicted molar refractivity (Wildman–Crippen MR) is 81.3 cm³/mol. The van der Waals surface area contributed by atoms with E-state index in [1.54, 1.807) is 0 Å². The molecule has 0 atom stereocenters. The van der Waals surface area contributed by atoms with Crippen molar-refractivity contribution in [3.63, 3.8) is 0 Å². The monoisotopic (exact) mass is 271 g/mol. The van der Waals surface area contributed by atoms with Crippen molar-refractivity contribution in [2.45, 2.75) is 19.3 Å². The van der Waals surface area contributed by atoms with Gasteiger partial charge >= 0.3 is 0 Å². The molecule has 0 N–H and O–H groups in total. The first-order valence-corrected chi connectivity index (χ1v) is 7.29. The molecule has 3 heteroatoms. The van der Waals surface area contributed by atoms with Crippen molar-refractivity contribution in [3.8, 4) is 5.75 Å². The fourth-order valence-corrected chi connectivity index (χ4v) is 2.65. The Morgan fingerprint density at radius 3 is 2.90 bits per heavy atom. The molecule has 3 nitrogen and oxygen atoms in total. The van der Waals surface area contributed by atoms with Crippen LogP contribution in [-0.2, 0) is 11.2 Å². The van der Waals surface area contributed by atoms with E-state index in [4.69, 9.17) is 9.47 Å². The average Bonchev–Trinajstić information content (AvgIpc) is 2.86. The standard InChI is InChI=1S/C17H21NO2/c1-18-10-9-14-13-16(7-8-17(14)18)20-12-11-19-15-5-3-2-4-6-15/h3,5-8,13H,2,4,9-12H2,1H3. The number of allylic oxidation sites excluding steroid dienone is 3. The third-order valence-electron chi connectivity index (χ3n) is 3.76. The molecule has 1 aromatic rings. The first-order chi connectivity index (χ1) is 9.83. The van der Waals surface area contributed by atoms with Crippen LogP contribution in [0.2, 0.25) is 0 Å². The van der Waals surface area contributed by atoms with Gasteiger partial charge in [-0.2, -0.15) is 0 Å². The topological polar surface area (TPSA) is 21.7 Å². The van der Waals surface area contributed by atoms with Crippen molar-refractivity contribution in [1.29, 1.82) is 0 Å². The van der Waals surface area contributed by atoms with E-state index < -0.39 is 0 Å². The Morgan fingerprint density at radius 1 is 1.15 bits per heavy atom. The summed E-state index contributed by atoms with van der Waals surface area (Å²) in [6.45, 7) is 2.27. The molecule has 1 aliphatic carbocycles. The highest BCUT2D eigenvalue weighted by Crippen LogP contribution is 2.29. The first-order valence-electron chi connectivity index (χ1n) is 7.29. The molecule has 1 aliphatic heterocycles. The van der Waals surface area contributed by atoms with Gasteiger partial charge in [-0.05, 0) is 55.2 Å². The molecular weight excluding hydrogens is 250 g/mol. The molecule has 0 bridgehead atoms. The molecule has 0 aromatic heterocycles. The van der Waals surface area contributed by atoms with Crippen LogP contribution in [0.1, 0.15) is 18.4 Å². The minimum atomic E-state index is 0.583. The third-order valence-corrected chi connectivity index (χ3v) is 3.76. The molecule has 0 saturated heterocycles. The molecule has 1 heterocycles. The number of fused-ring (bicyclic) bond motifs is 1. The average molecular weight is 271 g/mol. The smallest absolute Gasteiger partial charge is 0.122 e. The van der Waals surface area contributed by atoms with Crippen LogP contribution in [0.15, 0.2) is 42.2 Å². The second-order valence-corrected chi connectivity index (χ2v) is 5.25. The van der Waals surface area contributed by atoms with Crippen LogP contribution in [-0.4, -0.2) is 26.8 Å². The van der Waals surface area contributed by atoms with Crippen molar-refractivity contribution >= 4 is 5.69 Å². The summed E-state index contributed by atoms with van der Waals surface area (Å²) in [5, 5.41) is 0. The number of hydrogen-bond acceptors (Lipinski definition) is 3. The van der Waals surface area contributed by atoms with E-state index >= 15 is 0 Å². The number of likely N-dealkylation sites (N-methyl/N-ethyl adjacent to an activating group) is 1. The zero-order valence-corrected chi connectivity index (χ0v) is 12.0. The summed E-state index contributed by atoms with van der Waals surface area (Å²) in [7, 11) is 2.13. The molecule has 20 heavy (non-hydrogen) atoms. The van der Waals surface area contributed by atoms with Gasteiger partial charge in [-0.3, -0.25) is 0 Å². The van der Waals surface area contributed by atoms with Gasteiger partial charge in [0, 0.05) is 19.3 Å². The van der Waals surface area contributed by atoms with Crippen molar-refractivity contribution in [2.24, 2.45) is 0 Å². The van der Waals surface area contributed by atoms with Crippen LogP contribution in [0.3, 0.4) is 0 Å². The maximum Gasteiger partial charge on any atom is 0.122 e. The lowest BCUT2D eigenvalue weighted by molar-refractivity contribution is 0.162. The molecule has 2 aliphatic rings. The van der Waals surface area contributed by atoms with E-state index in [0.29, 0.717) is 13.2 Å². The fourth-order valence-electron chi connectivity index (χ4n) is 2.65. The summed E-state index contributed by atoms with van der Waals surface area (Å²) >= 11 is 0. The first kappa shape index (κ1) is 13.1. The highest BCUT2D eigenvalue weighted by atomic mass is 16.5. The van der Waals surface area contributed by atoms with Gasteiger partial charge in [-0.25, -0.2) is 0 Å². The molecule has 0 spiro atoms. The van der Waals surface area contributed by atoms with Crippen LogP contribution in [0.25, 0.3) is 0 Å². The maximum absolute atomic E-state index is 5.76. The highest BCUT2D eigenvalue weighted by molar-refractivity contribution is 5.59. The van der Waals surface area contributed by atoms with E-state index in [1.807, 2.05) is 12.1 Å². The zero-order chi connectivity index (χ0) is 13.8. The molecule has 0 radical (unpaired) electrons. The Kier molecular flexibility index (Phi) is 3.95. The van der Waals surface area contributed by atoms with Crippen molar-refractivity contribution in [3.05, 3.63) is 47.7 Å². The Labute approximate surface area is 120 Å². The van der Waals surface area contributed by atoms with Crippen LogP contribution >= 0.6 is 0 Å². The molecule has 0 saturated carbocycles. The molecule has 106 valence electrons. The van der Waals surface area contributed by atoms with Gasteiger partial charge in [-0.1, -0.05) is 6.08 Å². The summed E-state index contributed by atoms with van der Waals surface area (Å²) in [5.41, 5.74) is 2.70. The van der Waals surface area contributed by atoms with Crippen LogP contribution < -0.4 is 9.64 Å². The largest absolute Gasteiger partial charge is 0.490 e. The quantitative estimate of drug-likeness (QED) is 0.767.